The molecule has 0 aliphatic rings. The molecule has 4 N–H and O–H groups in total. The third-order valence-electron chi connectivity index (χ3n) is 1.02. The first-order chi connectivity index (χ1) is 5.25. The van der Waals surface area contributed by atoms with E-state index in [1.807, 2.05) is 0 Å². The molecule has 0 fully saturated rings. The summed E-state index contributed by atoms with van der Waals surface area (Å²) in [6.45, 7) is 0. The van der Waals surface area contributed by atoms with Gasteiger partial charge in [0.15, 0.2) is 5.25 Å². The molecule has 0 aliphatic carbocycles. The Morgan fingerprint density at radius 3 is 1.92 bits per heavy atom. The van der Waals surface area contributed by atoms with Crippen molar-refractivity contribution in [3.05, 3.63) is 0 Å². The van der Waals surface area contributed by atoms with Gasteiger partial charge >= 0.3 is 35.5 Å². The predicted molar refractivity (Wildman–Crippen MR) is 37.9 cm³/mol. The van der Waals surface area contributed by atoms with Crippen LogP contribution in [0.15, 0.2) is 0 Å². The van der Waals surface area contributed by atoms with E-state index in [9.17, 15) is 18.0 Å². The molecule has 0 radical (unpaired) electrons. The van der Waals surface area contributed by atoms with Crippen LogP contribution in [-0.4, -0.2) is 35.2 Å². The monoisotopic (exact) mass is 221 g/mol. The smallest absolute Gasteiger partial charge is 1.00 e. The van der Waals surface area contributed by atoms with Crippen molar-refractivity contribution < 1.29 is 58.7 Å². The van der Waals surface area contributed by atoms with E-state index < -0.39 is 33.7 Å². The molecule has 1 atom stereocenters. The van der Waals surface area contributed by atoms with Crippen molar-refractivity contribution in [3.8, 4) is 0 Å². The number of amides is 1. The summed E-state index contributed by atoms with van der Waals surface area (Å²) in [5.74, 6) is -2.92. The summed E-state index contributed by atoms with van der Waals surface area (Å²) < 4.78 is 28.8. The van der Waals surface area contributed by atoms with Crippen molar-refractivity contribution in [1.82, 2.24) is 0 Å². The zero-order valence-electron chi connectivity index (χ0n) is 7.80. The molecule has 0 aromatic rings. The number of carboxylic acids is 1. The van der Waals surface area contributed by atoms with Gasteiger partial charge in [-0.25, -0.2) is 0 Å². The van der Waals surface area contributed by atoms with E-state index in [1.165, 1.54) is 0 Å². The zero-order chi connectivity index (χ0) is 9.94. The van der Waals surface area contributed by atoms with E-state index in [1.54, 1.807) is 0 Å². The number of hydrogen-bond donors (Lipinski definition) is 3. The maximum atomic E-state index is 10.3. The van der Waals surface area contributed by atoms with Crippen LogP contribution in [0.5, 0.6) is 0 Å². The second kappa shape index (κ2) is 5.55. The van der Waals surface area contributed by atoms with Crippen molar-refractivity contribution in [2.45, 2.75) is 11.7 Å². The van der Waals surface area contributed by atoms with Gasteiger partial charge in [0.25, 0.3) is 10.1 Å². The fourth-order valence-corrected chi connectivity index (χ4v) is 1.13. The molecule has 0 bridgehead atoms. The molecule has 0 aromatic carbocycles. The van der Waals surface area contributed by atoms with E-state index in [0.29, 0.717) is 0 Å². The Morgan fingerprint density at radius 1 is 1.46 bits per heavy atom. The number of primary amides is 1. The molecule has 0 aliphatic heterocycles. The van der Waals surface area contributed by atoms with Crippen LogP contribution in [0.2, 0.25) is 0 Å². The van der Waals surface area contributed by atoms with Crippen LogP contribution in [-0.2, 0) is 19.7 Å². The molecule has 0 rings (SSSR count). The molecule has 7 nitrogen and oxygen atoms in total. The number of nitrogens with two attached hydrogens (primary N) is 1. The number of carbonyl (C=O) groups is 2. The maximum Gasteiger partial charge on any atom is 1.00 e. The molecule has 9 heteroatoms. The standard InChI is InChI=1S/C4H7NO6S.Na.H/c5-3(6)1-2(4(7)8)12(9,10)11;;/h2H,1H2,(H2,5,6)(H,7,8)(H,9,10,11);;/q;+1;-1. The predicted octanol–water partition coefficient (Wildman–Crippen LogP) is -4.68. The Hall–Kier alpha value is -0.150. The van der Waals surface area contributed by atoms with Gasteiger partial charge in [-0.2, -0.15) is 8.42 Å². The largest absolute Gasteiger partial charge is 1.00 e. The Kier molecular flexibility index (Phi) is 6.55. The second-order valence-corrected chi connectivity index (χ2v) is 3.61. The Balaban J connectivity index is -0.000000605. The van der Waals surface area contributed by atoms with Crippen molar-refractivity contribution in [3.63, 3.8) is 0 Å². The molecule has 0 spiro atoms. The maximum absolute atomic E-state index is 10.3. The van der Waals surface area contributed by atoms with Gasteiger partial charge in [-0.1, -0.05) is 0 Å². The fourth-order valence-electron chi connectivity index (χ4n) is 0.503. The number of carbonyl (C=O) groups excluding carboxylic acids is 1. The van der Waals surface area contributed by atoms with Gasteiger partial charge in [-0.05, 0) is 0 Å². The molecule has 0 heterocycles. The van der Waals surface area contributed by atoms with Crippen LogP contribution in [0, 0.1) is 0 Å². The van der Waals surface area contributed by atoms with Crippen LogP contribution >= 0.6 is 0 Å². The van der Waals surface area contributed by atoms with Gasteiger partial charge in [-0.3, -0.25) is 14.1 Å². The first-order valence-corrected chi connectivity index (χ1v) is 4.23. The summed E-state index contributed by atoms with van der Waals surface area (Å²) in [5, 5.41) is 6.04. The van der Waals surface area contributed by atoms with E-state index in [-0.39, 0.29) is 31.0 Å². The molecule has 1 unspecified atom stereocenters. The van der Waals surface area contributed by atoms with E-state index >= 15 is 0 Å². The first-order valence-electron chi connectivity index (χ1n) is 2.72. The Bertz CT molecular complexity index is 303. The van der Waals surface area contributed by atoms with Gasteiger partial charge in [0, 0.05) is 0 Å². The van der Waals surface area contributed by atoms with Gasteiger partial charge in [0.1, 0.15) is 0 Å². The number of aliphatic carboxylic acids is 1. The number of carboxylic acid groups (broad SMARTS) is 1. The van der Waals surface area contributed by atoms with Crippen molar-refractivity contribution in [2.24, 2.45) is 5.73 Å². The SMILES string of the molecule is NC(=O)CC(C(=O)O)S(=O)(=O)O.[H-].[Na+]. The molecule has 1 amide bonds. The van der Waals surface area contributed by atoms with E-state index in [2.05, 4.69) is 5.73 Å². The van der Waals surface area contributed by atoms with Gasteiger partial charge in [0.05, 0.1) is 6.42 Å². The van der Waals surface area contributed by atoms with Gasteiger partial charge in [0.2, 0.25) is 5.91 Å². The second-order valence-electron chi connectivity index (χ2n) is 2.01. The quantitative estimate of drug-likeness (QED) is 0.322. The molecular weight excluding hydrogens is 213 g/mol. The molecule has 0 aromatic heterocycles. The minimum absolute atomic E-state index is 0. The molecule has 0 saturated carbocycles. The third-order valence-corrected chi connectivity index (χ3v) is 2.11. The average Bonchev–Trinajstić information content (AvgIpc) is 1.79. The molecule has 0 saturated heterocycles. The van der Waals surface area contributed by atoms with Crippen LogP contribution in [0.1, 0.15) is 7.85 Å². The fraction of sp³-hybridized carbons (Fsp3) is 0.500. The summed E-state index contributed by atoms with van der Waals surface area (Å²) in [7, 11) is -4.76. The Labute approximate surface area is 97.8 Å². The van der Waals surface area contributed by atoms with Gasteiger partial charge < -0.3 is 12.3 Å². The summed E-state index contributed by atoms with van der Waals surface area (Å²) in [5.41, 5.74) is 4.55. The molecule has 72 valence electrons. The summed E-state index contributed by atoms with van der Waals surface area (Å²) >= 11 is 0. The van der Waals surface area contributed by atoms with Crippen molar-refractivity contribution in [2.75, 3.05) is 0 Å². The van der Waals surface area contributed by atoms with Crippen LogP contribution in [0.4, 0.5) is 0 Å². The van der Waals surface area contributed by atoms with Crippen LogP contribution in [0.25, 0.3) is 0 Å². The van der Waals surface area contributed by atoms with E-state index in [4.69, 9.17) is 9.66 Å². The first kappa shape index (κ1) is 15.3. The Morgan fingerprint density at radius 2 is 1.85 bits per heavy atom. The third kappa shape index (κ3) is 5.99. The van der Waals surface area contributed by atoms with Crippen molar-refractivity contribution in [1.29, 1.82) is 0 Å². The number of rotatable bonds is 4. The minimum Gasteiger partial charge on any atom is -1.00 e. The average molecular weight is 221 g/mol. The minimum atomic E-state index is -4.76. The van der Waals surface area contributed by atoms with Gasteiger partial charge in [-0.15, -0.1) is 0 Å². The topological polar surface area (TPSA) is 135 Å². The van der Waals surface area contributed by atoms with Crippen LogP contribution < -0.4 is 35.3 Å². The van der Waals surface area contributed by atoms with Crippen molar-refractivity contribution >= 4 is 22.0 Å². The number of hydrogen-bond acceptors (Lipinski definition) is 4. The summed E-state index contributed by atoms with van der Waals surface area (Å²) in [4.78, 5) is 20.3. The molecular formula is C4H8NNaO6S. The summed E-state index contributed by atoms with van der Waals surface area (Å²) in [6, 6.07) is 0. The zero-order valence-corrected chi connectivity index (χ0v) is 9.61. The normalized spacial score (nSPS) is 12.7. The van der Waals surface area contributed by atoms with E-state index in [0.717, 1.165) is 0 Å². The van der Waals surface area contributed by atoms with Crippen LogP contribution in [0.3, 0.4) is 0 Å². The molecule has 13 heavy (non-hydrogen) atoms. The summed E-state index contributed by atoms with van der Waals surface area (Å²) in [6.07, 6.45) is -0.936.